The number of halogens is 2. The first-order valence-electron chi connectivity index (χ1n) is 5.78. The van der Waals surface area contributed by atoms with Crippen LogP contribution in [0.25, 0.3) is 0 Å². The van der Waals surface area contributed by atoms with Crippen LogP contribution in [0.4, 0.5) is 5.69 Å². The summed E-state index contributed by atoms with van der Waals surface area (Å²) in [5.41, 5.74) is 1.65. The molecule has 0 unspecified atom stereocenters. The molecule has 6 heteroatoms. The van der Waals surface area contributed by atoms with E-state index in [2.05, 4.69) is 15.9 Å². The Morgan fingerprint density at radius 2 is 2.00 bits per heavy atom. The summed E-state index contributed by atoms with van der Waals surface area (Å²) in [6.45, 7) is 1.85. The Balaban J connectivity index is 2.44. The van der Waals surface area contributed by atoms with Gasteiger partial charge in [0.25, 0.3) is 0 Å². The van der Waals surface area contributed by atoms with Crippen molar-refractivity contribution in [1.29, 1.82) is 0 Å². The lowest BCUT2D eigenvalue weighted by Gasteiger charge is -2.10. The van der Waals surface area contributed by atoms with Gasteiger partial charge in [-0.25, -0.2) is 0 Å². The summed E-state index contributed by atoms with van der Waals surface area (Å²) in [7, 11) is 0. The third kappa shape index (κ3) is 3.29. The Hall–Kier alpha value is -1.59. The third-order valence-electron chi connectivity index (χ3n) is 2.70. The summed E-state index contributed by atoms with van der Waals surface area (Å²) in [6, 6.07) is 9.90. The van der Waals surface area contributed by atoms with Crippen LogP contribution in [-0.2, 0) is 5.33 Å². The first-order valence-corrected chi connectivity index (χ1v) is 7.28. The zero-order valence-corrected chi connectivity index (χ0v) is 12.9. The molecular formula is C14H11BrClNO3. The van der Waals surface area contributed by atoms with E-state index in [9.17, 15) is 10.1 Å². The highest BCUT2D eigenvalue weighted by molar-refractivity contribution is 9.08. The van der Waals surface area contributed by atoms with Gasteiger partial charge in [-0.2, -0.15) is 0 Å². The first-order chi connectivity index (χ1) is 9.51. The van der Waals surface area contributed by atoms with E-state index in [1.54, 1.807) is 30.3 Å². The van der Waals surface area contributed by atoms with Crippen LogP contribution in [0.2, 0.25) is 5.02 Å². The van der Waals surface area contributed by atoms with Gasteiger partial charge in [-0.1, -0.05) is 33.6 Å². The third-order valence-corrected chi connectivity index (χ3v) is 3.54. The predicted octanol–water partition coefficient (Wildman–Crippen LogP) is 5.24. The van der Waals surface area contributed by atoms with E-state index in [1.165, 1.54) is 6.07 Å². The number of hydrogen-bond acceptors (Lipinski definition) is 3. The summed E-state index contributed by atoms with van der Waals surface area (Å²) in [5.74, 6) is 0.763. The van der Waals surface area contributed by atoms with Gasteiger partial charge in [0.05, 0.1) is 4.92 Å². The number of rotatable bonds is 4. The highest BCUT2D eigenvalue weighted by Crippen LogP contribution is 2.35. The number of hydrogen-bond donors (Lipinski definition) is 0. The van der Waals surface area contributed by atoms with Crippen molar-refractivity contribution < 1.29 is 9.66 Å². The number of aryl methyl sites for hydroxylation is 1. The lowest BCUT2D eigenvalue weighted by atomic mass is 10.2. The molecule has 0 atom stereocenters. The molecule has 0 aliphatic carbocycles. The van der Waals surface area contributed by atoms with Gasteiger partial charge in [-0.15, -0.1) is 0 Å². The van der Waals surface area contributed by atoms with Gasteiger partial charge in [0.1, 0.15) is 5.75 Å². The molecule has 0 N–H and O–H groups in total. The number of nitro benzene ring substituents is 1. The van der Waals surface area contributed by atoms with Crippen molar-refractivity contribution >= 4 is 33.2 Å². The Labute approximate surface area is 129 Å². The predicted molar refractivity (Wildman–Crippen MR) is 82.0 cm³/mol. The van der Waals surface area contributed by atoms with Gasteiger partial charge >= 0.3 is 5.69 Å². The van der Waals surface area contributed by atoms with Crippen LogP contribution in [0, 0.1) is 17.0 Å². The molecule has 104 valence electrons. The second-order valence-corrected chi connectivity index (χ2v) is 5.21. The summed E-state index contributed by atoms with van der Waals surface area (Å²) < 4.78 is 5.70. The smallest absolute Gasteiger partial charge is 0.311 e. The van der Waals surface area contributed by atoms with E-state index in [0.717, 1.165) is 11.1 Å². The molecule has 0 amide bonds. The fourth-order valence-corrected chi connectivity index (χ4v) is 2.36. The van der Waals surface area contributed by atoms with E-state index in [0.29, 0.717) is 16.1 Å². The van der Waals surface area contributed by atoms with Crippen LogP contribution in [0.3, 0.4) is 0 Å². The highest BCUT2D eigenvalue weighted by atomic mass is 79.9. The zero-order valence-electron chi connectivity index (χ0n) is 10.6. The fraction of sp³-hybridized carbons (Fsp3) is 0.143. The monoisotopic (exact) mass is 355 g/mol. The zero-order chi connectivity index (χ0) is 14.7. The minimum atomic E-state index is -0.460. The summed E-state index contributed by atoms with van der Waals surface area (Å²) in [5, 5.41) is 12.2. The maximum atomic E-state index is 11.0. The lowest BCUT2D eigenvalue weighted by molar-refractivity contribution is -0.385. The van der Waals surface area contributed by atoms with E-state index >= 15 is 0 Å². The molecule has 2 aromatic rings. The molecule has 0 fully saturated rings. The quantitative estimate of drug-likeness (QED) is 0.427. The number of alkyl halides is 1. The Bertz CT molecular complexity index is 661. The maximum Gasteiger partial charge on any atom is 0.311 e. The molecule has 0 aliphatic heterocycles. The normalized spacial score (nSPS) is 10.3. The average molecular weight is 357 g/mol. The standard InChI is InChI=1S/C14H11BrClNO3/c1-9-2-4-12(17(18)19)14(6-9)20-13-5-3-11(16)7-10(13)8-15/h2-7H,8H2,1H3. The van der Waals surface area contributed by atoms with Crippen molar-refractivity contribution in [1.82, 2.24) is 0 Å². The molecule has 0 aromatic heterocycles. The van der Waals surface area contributed by atoms with Gasteiger partial charge in [0.15, 0.2) is 0 Å². The second kappa shape index (κ2) is 6.24. The SMILES string of the molecule is Cc1ccc([N+](=O)[O-])c(Oc2ccc(Cl)cc2CBr)c1. The number of nitro groups is 1. The maximum absolute atomic E-state index is 11.0. The van der Waals surface area contributed by atoms with Crippen LogP contribution in [0.5, 0.6) is 11.5 Å². The van der Waals surface area contributed by atoms with Gasteiger partial charge in [0, 0.05) is 22.0 Å². The van der Waals surface area contributed by atoms with E-state index < -0.39 is 4.92 Å². The van der Waals surface area contributed by atoms with Crippen molar-refractivity contribution in [2.24, 2.45) is 0 Å². The molecule has 0 radical (unpaired) electrons. The van der Waals surface area contributed by atoms with E-state index in [-0.39, 0.29) is 11.4 Å². The molecule has 4 nitrogen and oxygen atoms in total. The highest BCUT2D eigenvalue weighted by Gasteiger charge is 2.17. The first kappa shape index (κ1) is 14.8. The summed E-state index contributed by atoms with van der Waals surface area (Å²) in [4.78, 5) is 10.6. The Morgan fingerprint density at radius 3 is 2.65 bits per heavy atom. The average Bonchev–Trinajstić information content (AvgIpc) is 2.40. The second-order valence-electron chi connectivity index (χ2n) is 4.22. The van der Waals surface area contributed by atoms with Crippen molar-refractivity contribution in [3.8, 4) is 11.5 Å². The Kier molecular flexibility index (Phi) is 4.62. The van der Waals surface area contributed by atoms with Crippen LogP contribution >= 0.6 is 27.5 Å². The van der Waals surface area contributed by atoms with Crippen molar-refractivity contribution in [2.45, 2.75) is 12.3 Å². The molecule has 2 aromatic carbocycles. The lowest BCUT2D eigenvalue weighted by Crippen LogP contribution is -1.95. The van der Waals surface area contributed by atoms with Crippen LogP contribution in [0.15, 0.2) is 36.4 Å². The molecule has 0 heterocycles. The summed E-state index contributed by atoms with van der Waals surface area (Å²) >= 11 is 9.27. The minimum absolute atomic E-state index is 0.0638. The van der Waals surface area contributed by atoms with E-state index in [4.69, 9.17) is 16.3 Å². The number of benzene rings is 2. The van der Waals surface area contributed by atoms with Crippen molar-refractivity contribution in [3.05, 3.63) is 62.7 Å². The van der Waals surface area contributed by atoms with Gasteiger partial charge < -0.3 is 4.74 Å². The van der Waals surface area contributed by atoms with Gasteiger partial charge in [0.2, 0.25) is 5.75 Å². The molecule has 2 rings (SSSR count). The van der Waals surface area contributed by atoms with Crippen LogP contribution < -0.4 is 4.74 Å². The van der Waals surface area contributed by atoms with Crippen molar-refractivity contribution in [2.75, 3.05) is 0 Å². The van der Waals surface area contributed by atoms with Gasteiger partial charge in [-0.3, -0.25) is 10.1 Å². The number of nitrogens with zero attached hydrogens (tertiary/aromatic N) is 1. The molecule has 0 saturated heterocycles. The fourth-order valence-electron chi connectivity index (χ4n) is 1.72. The van der Waals surface area contributed by atoms with Crippen LogP contribution in [-0.4, -0.2) is 4.92 Å². The van der Waals surface area contributed by atoms with Crippen LogP contribution in [0.1, 0.15) is 11.1 Å². The molecule has 0 bridgehead atoms. The summed E-state index contributed by atoms with van der Waals surface area (Å²) in [6.07, 6.45) is 0. The Morgan fingerprint density at radius 1 is 1.25 bits per heavy atom. The molecule has 0 aliphatic rings. The molecule has 0 spiro atoms. The molecule has 20 heavy (non-hydrogen) atoms. The number of ether oxygens (including phenoxy) is 1. The van der Waals surface area contributed by atoms with Gasteiger partial charge in [-0.05, 0) is 36.8 Å². The van der Waals surface area contributed by atoms with E-state index in [1.807, 2.05) is 6.92 Å². The molecular weight excluding hydrogens is 346 g/mol. The largest absolute Gasteiger partial charge is 0.450 e. The van der Waals surface area contributed by atoms with Crippen molar-refractivity contribution in [3.63, 3.8) is 0 Å². The minimum Gasteiger partial charge on any atom is -0.450 e. The topological polar surface area (TPSA) is 52.4 Å². The molecule has 0 saturated carbocycles.